The van der Waals surface area contributed by atoms with Gasteiger partial charge in [-0.1, -0.05) is 12.1 Å². The second kappa shape index (κ2) is 6.86. The fourth-order valence-corrected chi connectivity index (χ4v) is 3.36. The standard InChI is InChI=1S/C19H15FN4S/c20-15-8-6-14(7-9-15)19-23-16(13-25-19)12-21-17-4-1-2-5-18(17)24-11-3-10-22-24/h1-11,13,21H,12H2. The van der Waals surface area contributed by atoms with Crippen LogP contribution in [0.15, 0.2) is 72.4 Å². The number of anilines is 1. The second-order valence-corrected chi connectivity index (χ2v) is 6.33. The monoisotopic (exact) mass is 350 g/mol. The van der Waals surface area contributed by atoms with Gasteiger partial charge < -0.3 is 5.32 Å². The first-order chi connectivity index (χ1) is 12.3. The molecule has 0 atom stereocenters. The Kier molecular flexibility index (Phi) is 4.26. The number of nitrogens with one attached hydrogen (secondary N) is 1. The topological polar surface area (TPSA) is 42.7 Å². The van der Waals surface area contributed by atoms with Crippen molar-refractivity contribution in [2.75, 3.05) is 5.32 Å². The molecule has 0 radical (unpaired) electrons. The molecule has 2 aromatic heterocycles. The van der Waals surface area contributed by atoms with Gasteiger partial charge in [-0.2, -0.15) is 5.10 Å². The maximum Gasteiger partial charge on any atom is 0.123 e. The van der Waals surface area contributed by atoms with Crippen LogP contribution in [-0.4, -0.2) is 14.8 Å². The van der Waals surface area contributed by atoms with E-state index < -0.39 is 0 Å². The SMILES string of the molecule is Fc1ccc(-c2nc(CNc3ccccc3-n3cccn3)cs2)cc1. The third-order valence-electron chi connectivity index (χ3n) is 3.76. The van der Waals surface area contributed by atoms with Crippen LogP contribution in [0.25, 0.3) is 16.3 Å². The molecule has 25 heavy (non-hydrogen) atoms. The molecule has 2 aromatic carbocycles. The van der Waals surface area contributed by atoms with Crippen LogP contribution in [0.5, 0.6) is 0 Å². The Balaban J connectivity index is 1.50. The van der Waals surface area contributed by atoms with Crippen molar-refractivity contribution in [1.82, 2.24) is 14.8 Å². The van der Waals surface area contributed by atoms with Crippen molar-refractivity contribution < 1.29 is 4.39 Å². The lowest BCUT2D eigenvalue weighted by Crippen LogP contribution is -2.05. The zero-order chi connectivity index (χ0) is 17.1. The van der Waals surface area contributed by atoms with Crippen LogP contribution in [0.1, 0.15) is 5.69 Å². The third kappa shape index (κ3) is 3.44. The van der Waals surface area contributed by atoms with E-state index in [1.165, 1.54) is 12.1 Å². The van der Waals surface area contributed by atoms with E-state index in [2.05, 4.69) is 15.4 Å². The predicted molar refractivity (Wildman–Crippen MR) is 98.4 cm³/mol. The number of hydrogen-bond acceptors (Lipinski definition) is 4. The molecule has 0 fully saturated rings. The Hall–Kier alpha value is -2.99. The van der Waals surface area contributed by atoms with Crippen molar-refractivity contribution >= 4 is 17.0 Å². The van der Waals surface area contributed by atoms with Crippen molar-refractivity contribution in [2.24, 2.45) is 0 Å². The van der Waals surface area contributed by atoms with E-state index >= 15 is 0 Å². The number of hydrogen-bond donors (Lipinski definition) is 1. The first-order valence-corrected chi connectivity index (χ1v) is 8.71. The molecule has 4 aromatic rings. The van der Waals surface area contributed by atoms with E-state index in [4.69, 9.17) is 0 Å². The fourth-order valence-electron chi connectivity index (χ4n) is 2.53. The number of thiazole rings is 1. The van der Waals surface area contributed by atoms with Crippen molar-refractivity contribution in [1.29, 1.82) is 0 Å². The molecule has 0 bridgehead atoms. The first kappa shape index (κ1) is 15.5. The quantitative estimate of drug-likeness (QED) is 0.565. The van der Waals surface area contributed by atoms with Gasteiger partial charge in [-0.3, -0.25) is 0 Å². The van der Waals surface area contributed by atoms with Crippen LogP contribution in [0.4, 0.5) is 10.1 Å². The van der Waals surface area contributed by atoms with Crippen molar-refractivity contribution in [3.8, 4) is 16.3 Å². The van der Waals surface area contributed by atoms with Crippen LogP contribution in [0, 0.1) is 5.82 Å². The molecule has 0 amide bonds. The van der Waals surface area contributed by atoms with Gasteiger partial charge in [0.05, 0.1) is 23.6 Å². The van der Waals surface area contributed by atoms with E-state index in [1.807, 2.05) is 46.6 Å². The van der Waals surface area contributed by atoms with E-state index in [1.54, 1.807) is 29.7 Å². The van der Waals surface area contributed by atoms with Gasteiger partial charge in [-0.15, -0.1) is 11.3 Å². The van der Waals surface area contributed by atoms with Crippen LogP contribution < -0.4 is 5.32 Å². The van der Waals surface area contributed by atoms with Crippen LogP contribution >= 0.6 is 11.3 Å². The molecule has 0 saturated heterocycles. The minimum Gasteiger partial charge on any atom is -0.378 e. The van der Waals surface area contributed by atoms with Gasteiger partial charge in [0.25, 0.3) is 0 Å². The van der Waals surface area contributed by atoms with Gasteiger partial charge >= 0.3 is 0 Å². The van der Waals surface area contributed by atoms with Gasteiger partial charge in [0.2, 0.25) is 0 Å². The second-order valence-electron chi connectivity index (χ2n) is 5.47. The predicted octanol–water partition coefficient (Wildman–Crippen LogP) is 4.75. The number of nitrogens with zero attached hydrogens (tertiary/aromatic N) is 3. The smallest absolute Gasteiger partial charge is 0.123 e. The summed E-state index contributed by atoms with van der Waals surface area (Å²) in [5.41, 5.74) is 3.85. The minimum absolute atomic E-state index is 0.238. The molecule has 1 N–H and O–H groups in total. The van der Waals surface area contributed by atoms with Crippen molar-refractivity contribution in [2.45, 2.75) is 6.54 Å². The summed E-state index contributed by atoms with van der Waals surface area (Å²) in [4.78, 5) is 4.63. The third-order valence-corrected chi connectivity index (χ3v) is 4.70. The van der Waals surface area contributed by atoms with Gasteiger partial charge in [0.15, 0.2) is 0 Å². The molecular formula is C19H15FN4S. The Bertz CT molecular complexity index is 961. The maximum absolute atomic E-state index is 13.0. The highest BCUT2D eigenvalue weighted by atomic mass is 32.1. The summed E-state index contributed by atoms with van der Waals surface area (Å²) in [5.74, 6) is -0.238. The Labute approximate surface area is 148 Å². The average molecular weight is 350 g/mol. The largest absolute Gasteiger partial charge is 0.378 e. The number of aromatic nitrogens is 3. The lowest BCUT2D eigenvalue weighted by atomic mass is 10.2. The summed E-state index contributed by atoms with van der Waals surface area (Å²) in [5, 5.41) is 10.6. The Morgan fingerprint density at radius 2 is 1.88 bits per heavy atom. The highest BCUT2D eigenvalue weighted by molar-refractivity contribution is 7.13. The average Bonchev–Trinajstić information content (AvgIpc) is 3.33. The van der Waals surface area contributed by atoms with Crippen LogP contribution in [0.2, 0.25) is 0 Å². The van der Waals surface area contributed by atoms with Gasteiger partial charge in [-0.25, -0.2) is 14.1 Å². The van der Waals surface area contributed by atoms with Crippen molar-refractivity contribution in [3.63, 3.8) is 0 Å². The summed E-state index contributed by atoms with van der Waals surface area (Å²) in [6.45, 7) is 0.607. The first-order valence-electron chi connectivity index (χ1n) is 7.83. The lowest BCUT2D eigenvalue weighted by molar-refractivity contribution is 0.628. The molecule has 4 nitrogen and oxygen atoms in total. The molecule has 0 aliphatic carbocycles. The molecule has 4 rings (SSSR count). The number of rotatable bonds is 5. The van der Waals surface area contributed by atoms with Crippen molar-refractivity contribution in [3.05, 3.63) is 83.9 Å². The molecule has 124 valence electrons. The fraction of sp³-hybridized carbons (Fsp3) is 0.0526. The molecule has 0 aliphatic rings. The molecule has 6 heteroatoms. The van der Waals surface area contributed by atoms with E-state index in [0.717, 1.165) is 27.6 Å². The van der Waals surface area contributed by atoms with Gasteiger partial charge in [-0.05, 0) is 42.5 Å². The maximum atomic E-state index is 13.0. The normalized spacial score (nSPS) is 10.8. The van der Waals surface area contributed by atoms with Gasteiger partial charge in [0.1, 0.15) is 10.8 Å². The van der Waals surface area contributed by atoms with E-state index in [0.29, 0.717) is 6.54 Å². The summed E-state index contributed by atoms with van der Waals surface area (Å²) >= 11 is 1.55. The number of para-hydroxylation sites is 2. The molecule has 0 saturated carbocycles. The molecule has 0 aliphatic heterocycles. The Morgan fingerprint density at radius 1 is 1.04 bits per heavy atom. The number of benzene rings is 2. The zero-order valence-corrected chi connectivity index (χ0v) is 14.1. The molecule has 0 spiro atoms. The Morgan fingerprint density at radius 3 is 2.68 bits per heavy atom. The highest BCUT2D eigenvalue weighted by Crippen LogP contribution is 2.25. The number of halogens is 1. The van der Waals surface area contributed by atoms with E-state index in [9.17, 15) is 4.39 Å². The minimum atomic E-state index is -0.238. The lowest BCUT2D eigenvalue weighted by Gasteiger charge is -2.11. The zero-order valence-electron chi connectivity index (χ0n) is 13.3. The summed E-state index contributed by atoms with van der Waals surface area (Å²) < 4.78 is 14.9. The van der Waals surface area contributed by atoms with Gasteiger partial charge in [0, 0.05) is 23.3 Å². The molecule has 0 unspecified atom stereocenters. The molecular weight excluding hydrogens is 335 g/mol. The summed E-state index contributed by atoms with van der Waals surface area (Å²) in [6.07, 6.45) is 3.67. The van der Waals surface area contributed by atoms with Crippen LogP contribution in [-0.2, 0) is 6.54 Å². The van der Waals surface area contributed by atoms with Crippen LogP contribution in [0.3, 0.4) is 0 Å². The van der Waals surface area contributed by atoms with E-state index in [-0.39, 0.29) is 5.82 Å². The highest BCUT2D eigenvalue weighted by Gasteiger charge is 2.07. The summed E-state index contributed by atoms with van der Waals surface area (Å²) in [7, 11) is 0. The molecule has 2 heterocycles. The summed E-state index contributed by atoms with van der Waals surface area (Å²) in [6, 6.07) is 16.3.